The number of carbonyl (C=O) groups is 2. The predicted octanol–water partition coefficient (Wildman–Crippen LogP) is 1.22. The van der Waals surface area contributed by atoms with Gasteiger partial charge in [-0.25, -0.2) is 0 Å². The third-order valence-electron chi connectivity index (χ3n) is 1.89. The molecule has 4 nitrogen and oxygen atoms in total. The van der Waals surface area contributed by atoms with Crippen molar-refractivity contribution in [2.45, 2.75) is 20.3 Å². The molecule has 0 radical (unpaired) electrons. The fraction of sp³-hybridized carbons (Fsp3) is 0.636. The Labute approximate surface area is 90.9 Å². The van der Waals surface area contributed by atoms with Gasteiger partial charge in [0.05, 0.1) is 13.5 Å². The van der Waals surface area contributed by atoms with Crippen molar-refractivity contribution in [1.29, 1.82) is 0 Å². The summed E-state index contributed by atoms with van der Waals surface area (Å²) in [6, 6.07) is 0. The van der Waals surface area contributed by atoms with Gasteiger partial charge in [-0.15, -0.1) is 0 Å². The van der Waals surface area contributed by atoms with Crippen LogP contribution in [0.3, 0.4) is 0 Å². The molecule has 0 aliphatic carbocycles. The maximum absolute atomic E-state index is 11.4. The maximum Gasteiger partial charge on any atom is 0.307 e. The van der Waals surface area contributed by atoms with Gasteiger partial charge in [0.2, 0.25) is 5.91 Å². The molecule has 0 rings (SSSR count). The molecule has 0 saturated heterocycles. The zero-order valence-electron chi connectivity index (χ0n) is 9.66. The number of methoxy groups -OCH3 is 1. The van der Waals surface area contributed by atoms with Crippen molar-refractivity contribution in [2.75, 3.05) is 20.2 Å². The summed E-state index contributed by atoms with van der Waals surface area (Å²) in [7, 11) is 1.34. The van der Waals surface area contributed by atoms with E-state index in [4.69, 9.17) is 0 Å². The number of nitrogens with zero attached hydrogens (tertiary/aromatic N) is 1. The quantitative estimate of drug-likeness (QED) is 0.492. The van der Waals surface area contributed by atoms with Gasteiger partial charge in [0.1, 0.15) is 0 Å². The third-order valence-corrected chi connectivity index (χ3v) is 1.89. The van der Waals surface area contributed by atoms with Crippen LogP contribution in [-0.4, -0.2) is 37.0 Å². The SMILES string of the molecule is C=CC(=O)N(CCC(=O)OC)CC(C)C. The van der Waals surface area contributed by atoms with Crippen molar-refractivity contribution in [3.05, 3.63) is 12.7 Å². The lowest BCUT2D eigenvalue weighted by Gasteiger charge is -2.22. The van der Waals surface area contributed by atoms with Crippen LogP contribution in [0.2, 0.25) is 0 Å². The van der Waals surface area contributed by atoms with E-state index in [0.29, 0.717) is 19.0 Å². The Bertz CT molecular complexity index is 236. The molecule has 0 saturated carbocycles. The lowest BCUT2D eigenvalue weighted by molar-refractivity contribution is -0.141. The molecule has 0 aromatic rings. The van der Waals surface area contributed by atoms with E-state index >= 15 is 0 Å². The molecule has 0 aliphatic heterocycles. The van der Waals surface area contributed by atoms with Gasteiger partial charge in [-0.2, -0.15) is 0 Å². The van der Waals surface area contributed by atoms with Crippen molar-refractivity contribution in [3.63, 3.8) is 0 Å². The van der Waals surface area contributed by atoms with Crippen LogP contribution in [0.15, 0.2) is 12.7 Å². The largest absolute Gasteiger partial charge is 0.469 e. The summed E-state index contributed by atoms with van der Waals surface area (Å²) in [5.74, 6) is -0.0835. The molecule has 0 aromatic heterocycles. The second-order valence-electron chi connectivity index (χ2n) is 3.71. The lowest BCUT2D eigenvalue weighted by atomic mass is 10.2. The number of hydrogen-bond acceptors (Lipinski definition) is 3. The summed E-state index contributed by atoms with van der Waals surface area (Å²) in [6.07, 6.45) is 1.49. The van der Waals surface area contributed by atoms with Crippen molar-refractivity contribution in [1.82, 2.24) is 4.90 Å². The Morgan fingerprint density at radius 1 is 1.47 bits per heavy atom. The van der Waals surface area contributed by atoms with E-state index in [2.05, 4.69) is 11.3 Å². The molecule has 4 heteroatoms. The standard InChI is InChI=1S/C11H19NO3/c1-5-10(13)12(8-9(2)3)7-6-11(14)15-4/h5,9H,1,6-8H2,2-4H3. The fourth-order valence-corrected chi connectivity index (χ4v) is 1.19. The van der Waals surface area contributed by atoms with Crippen LogP contribution in [0, 0.1) is 5.92 Å². The minimum Gasteiger partial charge on any atom is -0.469 e. The van der Waals surface area contributed by atoms with E-state index in [0.717, 1.165) is 0 Å². The molecule has 15 heavy (non-hydrogen) atoms. The highest BCUT2D eigenvalue weighted by Gasteiger charge is 2.13. The lowest BCUT2D eigenvalue weighted by Crippen LogP contribution is -2.34. The summed E-state index contributed by atoms with van der Waals surface area (Å²) in [4.78, 5) is 23.9. The van der Waals surface area contributed by atoms with Gasteiger partial charge in [-0.3, -0.25) is 9.59 Å². The molecular weight excluding hydrogens is 194 g/mol. The van der Waals surface area contributed by atoms with Crippen LogP contribution in [0.25, 0.3) is 0 Å². The first-order valence-electron chi connectivity index (χ1n) is 4.99. The predicted molar refractivity (Wildman–Crippen MR) is 58.2 cm³/mol. The minimum absolute atomic E-state index is 0.146. The summed E-state index contributed by atoms with van der Waals surface area (Å²) in [6.45, 7) is 8.47. The zero-order valence-corrected chi connectivity index (χ0v) is 9.66. The highest BCUT2D eigenvalue weighted by Crippen LogP contribution is 2.01. The highest BCUT2D eigenvalue weighted by molar-refractivity contribution is 5.87. The minimum atomic E-state index is -0.305. The zero-order chi connectivity index (χ0) is 11.8. The van der Waals surface area contributed by atoms with E-state index in [1.807, 2.05) is 13.8 Å². The topological polar surface area (TPSA) is 46.6 Å². The Hall–Kier alpha value is -1.32. The van der Waals surface area contributed by atoms with Crippen LogP contribution < -0.4 is 0 Å². The average Bonchev–Trinajstić information content (AvgIpc) is 2.21. The Kier molecular flexibility index (Phi) is 6.42. The molecule has 86 valence electrons. The van der Waals surface area contributed by atoms with Gasteiger partial charge in [-0.05, 0) is 12.0 Å². The molecule has 0 atom stereocenters. The van der Waals surface area contributed by atoms with Gasteiger partial charge in [-0.1, -0.05) is 20.4 Å². The van der Waals surface area contributed by atoms with E-state index in [1.165, 1.54) is 13.2 Å². The van der Waals surface area contributed by atoms with Crippen molar-refractivity contribution < 1.29 is 14.3 Å². The normalized spacial score (nSPS) is 9.87. The highest BCUT2D eigenvalue weighted by atomic mass is 16.5. The van der Waals surface area contributed by atoms with Crippen LogP contribution >= 0.6 is 0 Å². The smallest absolute Gasteiger partial charge is 0.307 e. The molecule has 0 spiro atoms. The first-order valence-corrected chi connectivity index (χ1v) is 4.99. The first-order chi connectivity index (χ1) is 7.01. The molecule has 0 heterocycles. The summed E-state index contributed by atoms with van der Waals surface area (Å²) >= 11 is 0. The van der Waals surface area contributed by atoms with Crippen LogP contribution in [0.1, 0.15) is 20.3 Å². The molecule has 0 aromatic carbocycles. The number of ether oxygens (including phenoxy) is 1. The molecule has 0 fully saturated rings. The molecular formula is C11H19NO3. The summed E-state index contributed by atoms with van der Waals surface area (Å²) in [5, 5.41) is 0. The monoisotopic (exact) mass is 213 g/mol. The van der Waals surface area contributed by atoms with E-state index < -0.39 is 0 Å². The van der Waals surface area contributed by atoms with Crippen LogP contribution in [0.5, 0.6) is 0 Å². The molecule has 0 aliphatic rings. The Morgan fingerprint density at radius 3 is 2.47 bits per heavy atom. The molecule has 1 amide bonds. The number of amides is 1. The van der Waals surface area contributed by atoms with E-state index in [9.17, 15) is 9.59 Å². The summed E-state index contributed by atoms with van der Waals surface area (Å²) < 4.78 is 4.52. The second kappa shape index (κ2) is 7.04. The summed E-state index contributed by atoms with van der Waals surface area (Å²) in [5.41, 5.74) is 0. The average molecular weight is 213 g/mol. The van der Waals surface area contributed by atoms with Gasteiger partial charge in [0, 0.05) is 13.1 Å². The van der Waals surface area contributed by atoms with Crippen molar-refractivity contribution >= 4 is 11.9 Å². The van der Waals surface area contributed by atoms with Gasteiger partial charge in [0.25, 0.3) is 0 Å². The van der Waals surface area contributed by atoms with Crippen molar-refractivity contribution in [2.24, 2.45) is 5.92 Å². The van der Waals surface area contributed by atoms with Gasteiger partial charge >= 0.3 is 5.97 Å². The van der Waals surface area contributed by atoms with E-state index in [1.54, 1.807) is 4.90 Å². The fourth-order valence-electron chi connectivity index (χ4n) is 1.19. The Balaban J connectivity index is 4.18. The van der Waals surface area contributed by atoms with Gasteiger partial charge < -0.3 is 9.64 Å². The maximum atomic E-state index is 11.4. The van der Waals surface area contributed by atoms with E-state index in [-0.39, 0.29) is 18.3 Å². The second-order valence-corrected chi connectivity index (χ2v) is 3.71. The first kappa shape index (κ1) is 13.7. The number of carbonyl (C=O) groups excluding carboxylic acids is 2. The van der Waals surface area contributed by atoms with Crippen molar-refractivity contribution in [3.8, 4) is 0 Å². The Morgan fingerprint density at radius 2 is 2.07 bits per heavy atom. The van der Waals surface area contributed by atoms with Crippen LogP contribution in [0.4, 0.5) is 0 Å². The number of esters is 1. The number of rotatable bonds is 6. The van der Waals surface area contributed by atoms with Crippen LogP contribution in [-0.2, 0) is 14.3 Å². The van der Waals surface area contributed by atoms with Gasteiger partial charge in [0.15, 0.2) is 0 Å². The third kappa shape index (κ3) is 5.88. The molecule has 0 N–H and O–H groups in total. The molecule has 0 unspecified atom stereocenters. The molecule has 0 bridgehead atoms. The number of hydrogen-bond donors (Lipinski definition) is 0.